The third-order valence-corrected chi connectivity index (χ3v) is 2.76. The fourth-order valence-electron chi connectivity index (χ4n) is 1.49. The van der Waals surface area contributed by atoms with Crippen LogP contribution in [0.1, 0.15) is 12.8 Å². The van der Waals surface area contributed by atoms with Gasteiger partial charge in [-0.3, -0.25) is 4.79 Å². The molecule has 2 N–H and O–H groups in total. The zero-order valence-corrected chi connectivity index (χ0v) is 13.3. The number of ether oxygens (including phenoxy) is 4. The van der Waals surface area contributed by atoms with Crippen molar-refractivity contribution in [3.05, 3.63) is 0 Å². The Hall–Kier alpha value is -0.730. The molecule has 0 spiro atoms. The number of rotatable bonds is 15. The maximum absolute atomic E-state index is 11.7. The molecule has 1 amide bonds. The summed E-state index contributed by atoms with van der Waals surface area (Å²) < 4.78 is 20.8. The van der Waals surface area contributed by atoms with Gasteiger partial charge in [-0.2, -0.15) is 0 Å². The number of hydrogen-bond donors (Lipinski definition) is 1. The molecular weight excluding hydrogens is 276 g/mol. The Morgan fingerprint density at radius 2 is 1.48 bits per heavy atom. The van der Waals surface area contributed by atoms with E-state index in [9.17, 15) is 4.79 Å². The number of methoxy groups -OCH3 is 1. The first-order chi connectivity index (χ1) is 10.2. The molecule has 21 heavy (non-hydrogen) atoms. The number of nitrogens with zero attached hydrogens (tertiary/aromatic N) is 1. The molecule has 0 aliphatic rings. The zero-order chi connectivity index (χ0) is 15.8. The van der Waals surface area contributed by atoms with Crippen LogP contribution < -0.4 is 5.73 Å². The summed E-state index contributed by atoms with van der Waals surface area (Å²) in [4.78, 5) is 13.3. The standard InChI is InChI=1S/C14H30N2O5/c1-16(6-3-5-15)14(17)4-7-19-10-11-21-13-12-20-9-8-18-2/h3-13,15H2,1-2H3. The summed E-state index contributed by atoms with van der Waals surface area (Å²) in [7, 11) is 3.42. The van der Waals surface area contributed by atoms with Crippen molar-refractivity contribution in [1.29, 1.82) is 0 Å². The van der Waals surface area contributed by atoms with E-state index >= 15 is 0 Å². The maximum Gasteiger partial charge on any atom is 0.224 e. The zero-order valence-electron chi connectivity index (χ0n) is 13.3. The molecule has 0 aromatic heterocycles. The molecule has 0 heterocycles. The van der Waals surface area contributed by atoms with Gasteiger partial charge in [0.15, 0.2) is 0 Å². The topological polar surface area (TPSA) is 83.2 Å². The van der Waals surface area contributed by atoms with Gasteiger partial charge in [0.1, 0.15) is 0 Å². The molecule has 7 nitrogen and oxygen atoms in total. The average molecular weight is 306 g/mol. The van der Waals surface area contributed by atoms with Crippen LogP contribution in [0.4, 0.5) is 0 Å². The number of carbonyl (C=O) groups is 1. The van der Waals surface area contributed by atoms with Crippen LogP contribution in [-0.2, 0) is 23.7 Å². The van der Waals surface area contributed by atoms with Crippen LogP contribution in [0.2, 0.25) is 0 Å². The van der Waals surface area contributed by atoms with Gasteiger partial charge in [0.25, 0.3) is 0 Å². The predicted octanol–water partition coefficient (Wildman–Crippen LogP) is -0.120. The normalized spacial score (nSPS) is 10.8. The molecule has 0 aliphatic heterocycles. The van der Waals surface area contributed by atoms with Gasteiger partial charge in [0, 0.05) is 20.7 Å². The highest BCUT2D eigenvalue weighted by Gasteiger charge is 2.07. The van der Waals surface area contributed by atoms with E-state index in [1.54, 1.807) is 19.1 Å². The number of hydrogen-bond acceptors (Lipinski definition) is 6. The molecule has 0 unspecified atom stereocenters. The summed E-state index contributed by atoms with van der Waals surface area (Å²) >= 11 is 0. The van der Waals surface area contributed by atoms with Crippen molar-refractivity contribution in [3.8, 4) is 0 Å². The highest BCUT2D eigenvalue weighted by molar-refractivity contribution is 5.75. The Morgan fingerprint density at radius 3 is 2.00 bits per heavy atom. The van der Waals surface area contributed by atoms with Gasteiger partial charge >= 0.3 is 0 Å². The van der Waals surface area contributed by atoms with Gasteiger partial charge in [-0.05, 0) is 13.0 Å². The van der Waals surface area contributed by atoms with Crippen LogP contribution in [0.5, 0.6) is 0 Å². The van der Waals surface area contributed by atoms with Crippen molar-refractivity contribution >= 4 is 5.91 Å². The smallest absolute Gasteiger partial charge is 0.224 e. The van der Waals surface area contributed by atoms with Crippen molar-refractivity contribution in [3.63, 3.8) is 0 Å². The molecule has 0 aromatic rings. The lowest BCUT2D eigenvalue weighted by molar-refractivity contribution is -0.131. The molecule has 7 heteroatoms. The largest absolute Gasteiger partial charge is 0.382 e. The second-order valence-corrected chi connectivity index (χ2v) is 4.54. The minimum Gasteiger partial charge on any atom is -0.382 e. The van der Waals surface area contributed by atoms with Crippen molar-refractivity contribution in [2.45, 2.75) is 12.8 Å². The second kappa shape index (κ2) is 15.7. The lowest BCUT2D eigenvalue weighted by Crippen LogP contribution is -2.29. The molecule has 0 aliphatic carbocycles. The van der Waals surface area contributed by atoms with Crippen molar-refractivity contribution in [2.24, 2.45) is 5.73 Å². The van der Waals surface area contributed by atoms with E-state index in [1.165, 1.54) is 0 Å². The quantitative estimate of drug-likeness (QED) is 0.425. The fraction of sp³-hybridized carbons (Fsp3) is 0.929. The number of carbonyl (C=O) groups excluding carboxylic acids is 1. The van der Waals surface area contributed by atoms with Gasteiger partial charge in [-0.15, -0.1) is 0 Å². The lowest BCUT2D eigenvalue weighted by atomic mass is 10.3. The number of amides is 1. The Balaban J connectivity index is 3.23. The highest BCUT2D eigenvalue weighted by atomic mass is 16.6. The van der Waals surface area contributed by atoms with Gasteiger partial charge < -0.3 is 29.6 Å². The third kappa shape index (κ3) is 14.0. The van der Waals surface area contributed by atoms with Gasteiger partial charge in [-0.1, -0.05) is 0 Å². The second-order valence-electron chi connectivity index (χ2n) is 4.54. The Morgan fingerprint density at radius 1 is 0.952 bits per heavy atom. The Bertz CT molecular complexity index is 241. The minimum absolute atomic E-state index is 0.0795. The molecule has 0 fully saturated rings. The summed E-state index contributed by atoms with van der Waals surface area (Å²) in [6.45, 7) is 4.96. The first-order valence-corrected chi connectivity index (χ1v) is 7.38. The Kier molecular flexibility index (Phi) is 15.1. The van der Waals surface area contributed by atoms with E-state index < -0.39 is 0 Å². The summed E-state index contributed by atoms with van der Waals surface area (Å²) in [5.74, 6) is 0.0795. The minimum atomic E-state index is 0.0795. The summed E-state index contributed by atoms with van der Waals surface area (Å²) in [5, 5.41) is 0. The highest BCUT2D eigenvalue weighted by Crippen LogP contribution is 1.93. The SMILES string of the molecule is COCCOCCOCCOCCC(=O)N(C)CCCN. The van der Waals surface area contributed by atoms with E-state index in [0.717, 1.165) is 6.42 Å². The van der Waals surface area contributed by atoms with Crippen molar-refractivity contribution < 1.29 is 23.7 Å². The maximum atomic E-state index is 11.7. The summed E-state index contributed by atoms with van der Waals surface area (Å²) in [6, 6.07) is 0. The lowest BCUT2D eigenvalue weighted by Gasteiger charge is -2.16. The summed E-state index contributed by atoms with van der Waals surface area (Å²) in [5.41, 5.74) is 5.40. The predicted molar refractivity (Wildman–Crippen MR) is 80.3 cm³/mol. The van der Waals surface area contributed by atoms with Crippen molar-refractivity contribution in [1.82, 2.24) is 4.90 Å². The molecule has 0 rings (SSSR count). The van der Waals surface area contributed by atoms with E-state index in [-0.39, 0.29) is 5.91 Å². The van der Waals surface area contributed by atoms with Crippen LogP contribution in [0.25, 0.3) is 0 Å². The van der Waals surface area contributed by atoms with E-state index in [0.29, 0.717) is 65.8 Å². The van der Waals surface area contributed by atoms with Gasteiger partial charge in [-0.25, -0.2) is 0 Å². The molecule has 0 bridgehead atoms. The van der Waals surface area contributed by atoms with E-state index in [4.69, 9.17) is 24.7 Å². The molecule has 0 saturated carbocycles. The average Bonchev–Trinajstić information content (AvgIpc) is 2.49. The molecule has 0 saturated heterocycles. The van der Waals surface area contributed by atoms with Crippen LogP contribution in [-0.4, -0.2) is 84.3 Å². The molecule has 0 atom stereocenters. The molecule has 126 valence electrons. The first-order valence-electron chi connectivity index (χ1n) is 7.38. The number of nitrogens with two attached hydrogens (primary N) is 1. The van der Waals surface area contributed by atoms with Crippen LogP contribution in [0.3, 0.4) is 0 Å². The van der Waals surface area contributed by atoms with E-state index in [1.807, 2.05) is 0 Å². The molecule has 0 aromatic carbocycles. The molecular formula is C14H30N2O5. The monoisotopic (exact) mass is 306 g/mol. The fourth-order valence-corrected chi connectivity index (χ4v) is 1.49. The van der Waals surface area contributed by atoms with Gasteiger partial charge in [0.05, 0.1) is 52.7 Å². The summed E-state index contributed by atoms with van der Waals surface area (Å²) in [6.07, 6.45) is 1.21. The van der Waals surface area contributed by atoms with Crippen molar-refractivity contribution in [2.75, 3.05) is 73.5 Å². The third-order valence-electron chi connectivity index (χ3n) is 2.76. The van der Waals surface area contributed by atoms with Crippen LogP contribution >= 0.6 is 0 Å². The van der Waals surface area contributed by atoms with Crippen LogP contribution in [0.15, 0.2) is 0 Å². The van der Waals surface area contributed by atoms with E-state index in [2.05, 4.69) is 0 Å². The Labute approximate surface area is 127 Å². The van der Waals surface area contributed by atoms with Crippen LogP contribution in [0, 0.1) is 0 Å². The first kappa shape index (κ1) is 20.3. The van der Waals surface area contributed by atoms with Gasteiger partial charge in [0.2, 0.25) is 5.91 Å². The molecule has 0 radical (unpaired) electrons.